The first kappa shape index (κ1) is 9.59. The Bertz CT molecular complexity index is 289. The molecule has 0 amide bonds. The van der Waals surface area contributed by atoms with Crippen LogP contribution in [0.4, 0.5) is 5.88 Å². The van der Waals surface area contributed by atoms with Crippen molar-refractivity contribution >= 4 is 5.88 Å². The number of rotatable bonds is 3. The van der Waals surface area contributed by atoms with Crippen molar-refractivity contribution in [1.29, 1.82) is 0 Å². The average molecular weight is 194 g/mol. The second kappa shape index (κ2) is 4.05. The summed E-state index contributed by atoms with van der Waals surface area (Å²) in [5.74, 6) is 2.05. The average Bonchev–Trinajstić information content (AvgIpc) is 2.86. The maximum absolute atomic E-state index is 5.78. The first-order chi connectivity index (χ1) is 6.81. The van der Waals surface area contributed by atoms with Crippen LogP contribution in [-0.4, -0.2) is 20.1 Å². The van der Waals surface area contributed by atoms with Gasteiger partial charge < -0.3 is 14.6 Å². The topological polar surface area (TPSA) is 28.4 Å². The Hall–Kier alpha value is -0.960. The third kappa shape index (κ3) is 1.77. The zero-order chi connectivity index (χ0) is 9.97. The minimum atomic E-state index is 0.298. The quantitative estimate of drug-likeness (QED) is 0.799. The molecule has 2 heterocycles. The van der Waals surface area contributed by atoms with Gasteiger partial charge in [0.05, 0.1) is 6.04 Å². The van der Waals surface area contributed by atoms with Crippen molar-refractivity contribution in [3.63, 3.8) is 0 Å². The van der Waals surface area contributed by atoms with Gasteiger partial charge in [0.25, 0.3) is 0 Å². The minimum Gasteiger partial charge on any atom is -0.444 e. The molecule has 0 radical (unpaired) electrons. The standard InChI is InChI=1S/C11H18N2O/c1-9(12-2)10-5-6-11(14-10)13-7-3-4-8-13/h5-6,9,12H,3-4,7-8H2,1-2H3/t9-/m1/s1. The Morgan fingerprint density at radius 2 is 2.07 bits per heavy atom. The lowest BCUT2D eigenvalue weighted by Crippen LogP contribution is -2.16. The second-order valence-electron chi connectivity index (χ2n) is 3.88. The van der Waals surface area contributed by atoms with Gasteiger partial charge in [-0.25, -0.2) is 0 Å². The number of furan rings is 1. The summed E-state index contributed by atoms with van der Waals surface area (Å²) in [6.45, 7) is 4.38. The highest BCUT2D eigenvalue weighted by atomic mass is 16.4. The highest BCUT2D eigenvalue weighted by Crippen LogP contribution is 2.25. The Kier molecular flexibility index (Phi) is 2.77. The molecule has 1 atom stereocenters. The first-order valence-electron chi connectivity index (χ1n) is 5.33. The third-order valence-electron chi connectivity index (χ3n) is 2.89. The molecule has 2 rings (SSSR count). The monoisotopic (exact) mass is 194 g/mol. The zero-order valence-electron chi connectivity index (χ0n) is 8.92. The molecule has 1 aliphatic heterocycles. The van der Waals surface area contributed by atoms with E-state index < -0.39 is 0 Å². The molecule has 1 N–H and O–H groups in total. The van der Waals surface area contributed by atoms with E-state index in [0.717, 1.165) is 24.7 Å². The van der Waals surface area contributed by atoms with Crippen LogP contribution in [0.5, 0.6) is 0 Å². The van der Waals surface area contributed by atoms with Gasteiger partial charge in [-0.1, -0.05) is 0 Å². The van der Waals surface area contributed by atoms with E-state index in [4.69, 9.17) is 4.42 Å². The molecule has 0 saturated carbocycles. The van der Waals surface area contributed by atoms with Crippen LogP contribution in [0.1, 0.15) is 31.6 Å². The van der Waals surface area contributed by atoms with Gasteiger partial charge in [-0.15, -0.1) is 0 Å². The van der Waals surface area contributed by atoms with E-state index in [0.29, 0.717) is 6.04 Å². The molecule has 3 nitrogen and oxygen atoms in total. The van der Waals surface area contributed by atoms with Crippen molar-refractivity contribution in [3.8, 4) is 0 Å². The Balaban J connectivity index is 2.08. The molecular weight excluding hydrogens is 176 g/mol. The largest absolute Gasteiger partial charge is 0.444 e. The molecule has 3 heteroatoms. The van der Waals surface area contributed by atoms with E-state index in [9.17, 15) is 0 Å². The Morgan fingerprint density at radius 1 is 1.36 bits per heavy atom. The summed E-state index contributed by atoms with van der Waals surface area (Å²) >= 11 is 0. The molecule has 0 aromatic carbocycles. The smallest absolute Gasteiger partial charge is 0.195 e. The summed E-state index contributed by atoms with van der Waals surface area (Å²) in [6, 6.07) is 4.44. The van der Waals surface area contributed by atoms with E-state index in [1.807, 2.05) is 7.05 Å². The van der Waals surface area contributed by atoms with Gasteiger partial charge >= 0.3 is 0 Å². The van der Waals surface area contributed by atoms with Crippen LogP contribution >= 0.6 is 0 Å². The van der Waals surface area contributed by atoms with Gasteiger partial charge in [-0.2, -0.15) is 0 Å². The van der Waals surface area contributed by atoms with Crippen LogP contribution in [0.3, 0.4) is 0 Å². The van der Waals surface area contributed by atoms with Gasteiger partial charge in [0, 0.05) is 19.2 Å². The molecule has 0 aliphatic carbocycles. The molecule has 1 saturated heterocycles. The number of nitrogens with zero attached hydrogens (tertiary/aromatic N) is 1. The van der Waals surface area contributed by atoms with Crippen molar-refractivity contribution in [2.75, 3.05) is 25.0 Å². The van der Waals surface area contributed by atoms with Gasteiger partial charge in [0.1, 0.15) is 5.76 Å². The number of hydrogen-bond acceptors (Lipinski definition) is 3. The lowest BCUT2D eigenvalue weighted by molar-refractivity contribution is 0.448. The summed E-state index contributed by atoms with van der Waals surface area (Å²) in [5.41, 5.74) is 0. The summed E-state index contributed by atoms with van der Waals surface area (Å²) in [5, 5.41) is 3.17. The lowest BCUT2D eigenvalue weighted by Gasteiger charge is -2.13. The predicted molar refractivity (Wildman–Crippen MR) is 57.6 cm³/mol. The van der Waals surface area contributed by atoms with E-state index in [1.165, 1.54) is 12.8 Å². The Morgan fingerprint density at radius 3 is 2.71 bits per heavy atom. The lowest BCUT2D eigenvalue weighted by atomic mass is 10.3. The van der Waals surface area contributed by atoms with Crippen LogP contribution in [0.15, 0.2) is 16.5 Å². The van der Waals surface area contributed by atoms with Crippen LogP contribution in [-0.2, 0) is 0 Å². The molecule has 1 aromatic rings. The number of nitrogens with one attached hydrogen (secondary N) is 1. The van der Waals surface area contributed by atoms with Gasteiger partial charge in [-0.3, -0.25) is 0 Å². The fourth-order valence-electron chi connectivity index (χ4n) is 1.82. The van der Waals surface area contributed by atoms with Crippen LogP contribution < -0.4 is 10.2 Å². The minimum absolute atomic E-state index is 0.298. The summed E-state index contributed by atoms with van der Waals surface area (Å²) < 4.78 is 5.78. The fourth-order valence-corrected chi connectivity index (χ4v) is 1.82. The van der Waals surface area contributed by atoms with E-state index in [1.54, 1.807) is 0 Å². The van der Waals surface area contributed by atoms with Crippen molar-refractivity contribution in [3.05, 3.63) is 17.9 Å². The first-order valence-corrected chi connectivity index (χ1v) is 5.33. The molecule has 78 valence electrons. The van der Waals surface area contributed by atoms with Crippen LogP contribution in [0, 0.1) is 0 Å². The summed E-state index contributed by atoms with van der Waals surface area (Å²) in [7, 11) is 1.95. The van der Waals surface area contributed by atoms with E-state index >= 15 is 0 Å². The second-order valence-corrected chi connectivity index (χ2v) is 3.88. The summed E-state index contributed by atoms with van der Waals surface area (Å²) in [4.78, 5) is 2.31. The van der Waals surface area contributed by atoms with Gasteiger partial charge in [0.2, 0.25) is 0 Å². The highest BCUT2D eigenvalue weighted by molar-refractivity contribution is 5.37. The van der Waals surface area contributed by atoms with E-state index in [-0.39, 0.29) is 0 Å². The predicted octanol–water partition coefficient (Wildman–Crippen LogP) is 2.16. The summed E-state index contributed by atoms with van der Waals surface area (Å²) in [6.07, 6.45) is 2.58. The Labute approximate surface area is 85.1 Å². The normalized spacial score (nSPS) is 18.9. The molecule has 0 bridgehead atoms. The van der Waals surface area contributed by atoms with Crippen molar-refractivity contribution in [1.82, 2.24) is 5.32 Å². The molecule has 14 heavy (non-hydrogen) atoms. The van der Waals surface area contributed by atoms with Crippen LogP contribution in [0.25, 0.3) is 0 Å². The van der Waals surface area contributed by atoms with Crippen LogP contribution in [0.2, 0.25) is 0 Å². The number of anilines is 1. The zero-order valence-corrected chi connectivity index (χ0v) is 8.92. The maximum atomic E-state index is 5.78. The molecule has 1 aromatic heterocycles. The molecule has 0 spiro atoms. The fraction of sp³-hybridized carbons (Fsp3) is 0.636. The van der Waals surface area contributed by atoms with Crippen molar-refractivity contribution < 1.29 is 4.42 Å². The maximum Gasteiger partial charge on any atom is 0.195 e. The third-order valence-corrected chi connectivity index (χ3v) is 2.89. The molecule has 0 unspecified atom stereocenters. The molecule has 1 aliphatic rings. The van der Waals surface area contributed by atoms with Gasteiger partial charge in [-0.05, 0) is 32.9 Å². The number of hydrogen-bond donors (Lipinski definition) is 1. The van der Waals surface area contributed by atoms with Crippen molar-refractivity contribution in [2.24, 2.45) is 0 Å². The van der Waals surface area contributed by atoms with E-state index in [2.05, 4.69) is 29.3 Å². The molecule has 1 fully saturated rings. The highest BCUT2D eigenvalue weighted by Gasteiger charge is 2.16. The van der Waals surface area contributed by atoms with Crippen molar-refractivity contribution in [2.45, 2.75) is 25.8 Å². The molecular formula is C11H18N2O. The SMILES string of the molecule is CN[C@H](C)c1ccc(N2CCCC2)o1. The van der Waals surface area contributed by atoms with Gasteiger partial charge in [0.15, 0.2) is 5.88 Å².